The molecule has 0 saturated carbocycles. The van der Waals surface area contributed by atoms with E-state index in [-0.39, 0.29) is 6.54 Å². The minimum atomic E-state index is -4.71. The van der Waals surface area contributed by atoms with Crippen LogP contribution in [0, 0.1) is 0 Å². The van der Waals surface area contributed by atoms with E-state index in [1.165, 1.54) is 25.4 Å². The number of nitrogens with one attached hydrogen (secondary N) is 2. The van der Waals surface area contributed by atoms with Crippen molar-refractivity contribution in [2.75, 3.05) is 13.7 Å². The second kappa shape index (κ2) is 8.86. The zero-order valence-electron chi connectivity index (χ0n) is 16.2. The van der Waals surface area contributed by atoms with Gasteiger partial charge in [0.25, 0.3) is 11.5 Å². The van der Waals surface area contributed by atoms with E-state index >= 15 is 0 Å². The largest absolute Gasteiger partial charge is 0.501 e. The molecular formula is C20H17F3N4O4. The molecule has 8 nitrogen and oxygen atoms in total. The zero-order chi connectivity index (χ0) is 22.6. The van der Waals surface area contributed by atoms with Crippen LogP contribution in [0.3, 0.4) is 0 Å². The summed E-state index contributed by atoms with van der Waals surface area (Å²) in [5.41, 5.74) is -2.54. The van der Waals surface area contributed by atoms with E-state index in [2.05, 4.69) is 20.3 Å². The fourth-order valence-corrected chi connectivity index (χ4v) is 2.88. The fraction of sp³-hybridized carbons (Fsp3) is 0.200. The maximum absolute atomic E-state index is 13.3. The van der Waals surface area contributed by atoms with E-state index in [1.54, 1.807) is 12.3 Å². The number of aromatic hydroxyl groups is 1. The third-order valence-electron chi connectivity index (χ3n) is 4.37. The van der Waals surface area contributed by atoms with Crippen molar-refractivity contribution in [3.8, 4) is 22.9 Å². The van der Waals surface area contributed by atoms with Crippen molar-refractivity contribution in [3.05, 3.63) is 69.9 Å². The number of aromatic amines is 1. The first-order chi connectivity index (χ1) is 14.7. The fourth-order valence-electron chi connectivity index (χ4n) is 2.88. The number of rotatable bonds is 6. The van der Waals surface area contributed by atoms with E-state index in [0.717, 1.165) is 17.7 Å². The van der Waals surface area contributed by atoms with Gasteiger partial charge in [0, 0.05) is 18.3 Å². The van der Waals surface area contributed by atoms with Crippen LogP contribution in [0.4, 0.5) is 13.2 Å². The number of alkyl halides is 3. The molecule has 11 heteroatoms. The normalized spacial score (nSPS) is 11.2. The highest BCUT2D eigenvalue weighted by molar-refractivity contribution is 5.95. The Kier molecular flexibility index (Phi) is 6.23. The lowest BCUT2D eigenvalue weighted by molar-refractivity contribution is -0.137. The summed E-state index contributed by atoms with van der Waals surface area (Å²) >= 11 is 0. The van der Waals surface area contributed by atoms with Crippen molar-refractivity contribution in [1.82, 2.24) is 20.3 Å². The van der Waals surface area contributed by atoms with Crippen molar-refractivity contribution in [2.45, 2.75) is 12.6 Å². The van der Waals surface area contributed by atoms with Gasteiger partial charge >= 0.3 is 6.18 Å². The van der Waals surface area contributed by atoms with Gasteiger partial charge in [-0.15, -0.1) is 0 Å². The third-order valence-corrected chi connectivity index (χ3v) is 4.37. The minimum Gasteiger partial charge on any atom is -0.501 e. The first-order valence-electron chi connectivity index (χ1n) is 8.97. The Morgan fingerprint density at radius 3 is 2.71 bits per heavy atom. The Labute approximate surface area is 173 Å². The van der Waals surface area contributed by atoms with Gasteiger partial charge in [-0.1, -0.05) is 18.2 Å². The van der Waals surface area contributed by atoms with Crippen molar-refractivity contribution >= 4 is 5.91 Å². The van der Waals surface area contributed by atoms with Gasteiger partial charge in [0.1, 0.15) is 11.6 Å². The number of halogens is 3. The lowest BCUT2D eigenvalue weighted by Gasteiger charge is -2.13. The molecule has 1 amide bonds. The van der Waals surface area contributed by atoms with Crippen molar-refractivity contribution in [2.24, 2.45) is 0 Å². The van der Waals surface area contributed by atoms with E-state index < -0.39 is 46.0 Å². The Hall–Kier alpha value is -3.89. The van der Waals surface area contributed by atoms with Crippen molar-refractivity contribution < 1.29 is 27.8 Å². The molecule has 0 aliphatic heterocycles. The van der Waals surface area contributed by atoms with Crippen LogP contribution in [0.5, 0.6) is 11.5 Å². The lowest BCUT2D eigenvalue weighted by atomic mass is 10.1. The van der Waals surface area contributed by atoms with Gasteiger partial charge in [0.05, 0.1) is 18.9 Å². The first-order valence-corrected chi connectivity index (χ1v) is 8.97. The number of carbonyl (C=O) groups is 1. The molecule has 0 spiro atoms. The Balaban J connectivity index is 1.87. The Bertz CT molecular complexity index is 1160. The molecule has 3 aromatic rings. The Morgan fingerprint density at radius 2 is 2.00 bits per heavy atom. The number of amides is 1. The minimum absolute atomic E-state index is 0.0849. The average molecular weight is 434 g/mol. The van der Waals surface area contributed by atoms with E-state index in [1.807, 2.05) is 0 Å². The zero-order valence-corrected chi connectivity index (χ0v) is 16.2. The van der Waals surface area contributed by atoms with Gasteiger partial charge in [-0.2, -0.15) is 13.2 Å². The molecule has 162 valence electrons. The van der Waals surface area contributed by atoms with Crippen LogP contribution in [0.1, 0.15) is 21.6 Å². The number of carbonyl (C=O) groups excluding carboxylic acids is 1. The molecule has 2 aromatic heterocycles. The third kappa shape index (κ3) is 4.82. The number of nitrogens with zero attached hydrogens (tertiary/aromatic N) is 2. The highest BCUT2D eigenvalue weighted by Gasteiger charge is 2.34. The van der Waals surface area contributed by atoms with E-state index in [4.69, 9.17) is 4.74 Å². The van der Waals surface area contributed by atoms with Gasteiger partial charge < -0.3 is 20.1 Å². The van der Waals surface area contributed by atoms with Gasteiger partial charge in [-0.25, -0.2) is 4.98 Å². The summed E-state index contributed by atoms with van der Waals surface area (Å²) in [5, 5.41) is 12.4. The summed E-state index contributed by atoms with van der Waals surface area (Å²) in [6.45, 7) is 0.0849. The summed E-state index contributed by atoms with van der Waals surface area (Å²) in [6, 6.07) is 6.14. The molecule has 2 heterocycles. The van der Waals surface area contributed by atoms with Crippen LogP contribution >= 0.6 is 0 Å². The lowest BCUT2D eigenvalue weighted by Crippen LogP contribution is -2.29. The molecule has 0 aliphatic carbocycles. The molecule has 0 unspecified atom stereocenters. The average Bonchev–Trinajstić information content (AvgIpc) is 2.75. The molecule has 0 fully saturated rings. The van der Waals surface area contributed by atoms with Gasteiger partial charge in [-0.05, 0) is 24.1 Å². The second-order valence-corrected chi connectivity index (χ2v) is 6.35. The monoisotopic (exact) mass is 434 g/mol. The number of hydrogen-bond donors (Lipinski definition) is 3. The molecule has 0 aliphatic rings. The predicted octanol–water partition coefficient (Wildman–Crippen LogP) is 2.54. The van der Waals surface area contributed by atoms with Crippen LogP contribution in [-0.4, -0.2) is 39.6 Å². The van der Waals surface area contributed by atoms with Crippen LogP contribution < -0.4 is 15.6 Å². The number of hydrogen-bond acceptors (Lipinski definition) is 6. The van der Waals surface area contributed by atoms with Crippen LogP contribution in [0.25, 0.3) is 11.4 Å². The number of methoxy groups -OCH3 is 1. The van der Waals surface area contributed by atoms with Crippen LogP contribution in [-0.2, 0) is 12.6 Å². The van der Waals surface area contributed by atoms with Crippen LogP contribution in [0.2, 0.25) is 0 Å². The molecule has 31 heavy (non-hydrogen) atoms. The molecule has 0 bridgehead atoms. The van der Waals surface area contributed by atoms with Crippen molar-refractivity contribution in [1.29, 1.82) is 0 Å². The van der Waals surface area contributed by atoms with E-state index in [0.29, 0.717) is 12.2 Å². The molecule has 1 aromatic carbocycles. The van der Waals surface area contributed by atoms with Gasteiger partial charge in [0.15, 0.2) is 5.69 Å². The standard InChI is InChI=1S/C20H17F3N4O4/c1-31-14-10-24-8-6-11(14)7-9-25-18(29)15-16(28)19(30)27-17(26-15)12-4-2-3-5-13(12)20(21,22)23/h2-6,8,10,28H,7,9H2,1H3,(H,25,29)(H,26,27,30). The van der Waals surface area contributed by atoms with E-state index in [9.17, 15) is 27.9 Å². The number of aromatic nitrogens is 3. The maximum Gasteiger partial charge on any atom is 0.417 e. The quantitative estimate of drug-likeness (QED) is 0.549. The van der Waals surface area contributed by atoms with Crippen LogP contribution in [0.15, 0.2) is 47.5 Å². The van der Waals surface area contributed by atoms with Crippen molar-refractivity contribution in [3.63, 3.8) is 0 Å². The highest BCUT2D eigenvalue weighted by atomic mass is 19.4. The summed E-state index contributed by atoms with van der Waals surface area (Å²) in [5.74, 6) is -1.88. The van der Waals surface area contributed by atoms with Gasteiger partial charge in [0.2, 0.25) is 5.75 Å². The maximum atomic E-state index is 13.3. The smallest absolute Gasteiger partial charge is 0.417 e. The first kappa shape index (κ1) is 21.8. The number of H-pyrrole nitrogens is 1. The molecule has 0 atom stereocenters. The summed E-state index contributed by atoms with van der Waals surface area (Å²) in [7, 11) is 1.47. The second-order valence-electron chi connectivity index (χ2n) is 6.35. The molecule has 3 rings (SSSR count). The number of ether oxygens (including phenoxy) is 1. The highest BCUT2D eigenvalue weighted by Crippen LogP contribution is 2.35. The van der Waals surface area contributed by atoms with Gasteiger partial charge in [-0.3, -0.25) is 14.6 Å². The topological polar surface area (TPSA) is 117 Å². The predicted molar refractivity (Wildman–Crippen MR) is 104 cm³/mol. The summed E-state index contributed by atoms with van der Waals surface area (Å²) < 4.78 is 45.1. The molecular weight excluding hydrogens is 417 g/mol. The number of benzene rings is 1. The molecule has 0 saturated heterocycles. The summed E-state index contributed by atoms with van der Waals surface area (Å²) in [6.07, 6.45) is -1.32. The summed E-state index contributed by atoms with van der Waals surface area (Å²) in [4.78, 5) is 34.3. The SMILES string of the molecule is COc1cnccc1CCNC(=O)c1nc(-c2ccccc2C(F)(F)F)[nH]c(=O)c1O. The molecule has 3 N–H and O–H groups in total. The Morgan fingerprint density at radius 1 is 1.26 bits per heavy atom. The molecule has 0 radical (unpaired) electrons. The number of pyridine rings is 1.